The number of nitrogens with one attached hydrogen (secondary N) is 2. The number of halogens is 3. The van der Waals surface area contributed by atoms with E-state index < -0.39 is 29.3 Å². The number of rotatable bonds is 4. The Labute approximate surface area is 107 Å². The van der Waals surface area contributed by atoms with E-state index in [1.165, 1.54) is 0 Å². The highest BCUT2D eigenvalue weighted by molar-refractivity contribution is 6.16. The number of ketones is 1. The first-order valence-corrected chi connectivity index (χ1v) is 5.25. The Kier molecular flexibility index (Phi) is 4.42. The van der Waals surface area contributed by atoms with Gasteiger partial charge in [-0.3, -0.25) is 9.59 Å². The maximum atomic E-state index is 12.3. The molecule has 19 heavy (non-hydrogen) atoms. The SMILES string of the molecule is CC(=O)C(C=N)C(=O)Nc1ccc(C(F)(F)F)cc1. The highest BCUT2D eigenvalue weighted by Crippen LogP contribution is 2.29. The number of benzene rings is 1. The minimum atomic E-state index is -4.45. The lowest BCUT2D eigenvalue weighted by atomic mass is 10.1. The van der Waals surface area contributed by atoms with E-state index in [-0.39, 0.29) is 5.69 Å². The third-order valence-corrected chi connectivity index (χ3v) is 2.37. The van der Waals surface area contributed by atoms with Gasteiger partial charge in [0.15, 0.2) is 0 Å². The summed E-state index contributed by atoms with van der Waals surface area (Å²) in [4.78, 5) is 22.6. The summed E-state index contributed by atoms with van der Waals surface area (Å²) in [7, 11) is 0. The fraction of sp³-hybridized carbons (Fsp3) is 0.250. The van der Waals surface area contributed by atoms with Crippen molar-refractivity contribution in [1.82, 2.24) is 0 Å². The number of carbonyl (C=O) groups excluding carboxylic acids is 2. The third kappa shape index (κ3) is 3.90. The lowest BCUT2D eigenvalue weighted by Gasteiger charge is -2.11. The molecule has 4 nitrogen and oxygen atoms in total. The summed E-state index contributed by atoms with van der Waals surface area (Å²) in [6.07, 6.45) is -3.76. The first kappa shape index (κ1) is 14.9. The van der Waals surface area contributed by atoms with Crippen LogP contribution >= 0.6 is 0 Å². The third-order valence-electron chi connectivity index (χ3n) is 2.37. The molecule has 0 spiro atoms. The van der Waals surface area contributed by atoms with Crippen molar-refractivity contribution in [3.05, 3.63) is 29.8 Å². The zero-order valence-electron chi connectivity index (χ0n) is 9.91. The van der Waals surface area contributed by atoms with Gasteiger partial charge in [0.05, 0.1) is 5.56 Å². The van der Waals surface area contributed by atoms with Gasteiger partial charge >= 0.3 is 6.18 Å². The maximum absolute atomic E-state index is 12.3. The molecule has 0 radical (unpaired) electrons. The van der Waals surface area contributed by atoms with Crippen LogP contribution in [0.1, 0.15) is 12.5 Å². The molecular formula is C12H11F3N2O2. The molecule has 0 aliphatic carbocycles. The average molecular weight is 272 g/mol. The Hall–Kier alpha value is -2.18. The average Bonchev–Trinajstić information content (AvgIpc) is 2.28. The van der Waals surface area contributed by atoms with E-state index in [0.717, 1.165) is 31.2 Å². The number of hydrogen-bond acceptors (Lipinski definition) is 3. The summed E-state index contributed by atoms with van der Waals surface area (Å²) in [5, 5.41) is 9.22. The van der Waals surface area contributed by atoms with Gasteiger partial charge in [0.25, 0.3) is 0 Å². The topological polar surface area (TPSA) is 70.0 Å². The summed E-state index contributed by atoms with van der Waals surface area (Å²) in [5.74, 6) is -2.50. The predicted octanol–water partition coefficient (Wildman–Crippen LogP) is 2.50. The second-order valence-electron chi connectivity index (χ2n) is 3.82. The molecule has 0 aromatic heterocycles. The lowest BCUT2D eigenvalue weighted by Crippen LogP contribution is -2.29. The van der Waals surface area contributed by atoms with Crippen LogP contribution in [0.5, 0.6) is 0 Å². The Morgan fingerprint density at radius 1 is 1.26 bits per heavy atom. The van der Waals surface area contributed by atoms with Crippen molar-refractivity contribution in [2.24, 2.45) is 5.92 Å². The van der Waals surface area contributed by atoms with Crippen LogP contribution in [0.2, 0.25) is 0 Å². The van der Waals surface area contributed by atoms with Crippen molar-refractivity contribution in [1.29, 1.82) is 5.41 Å². The van der Waals surface area contributed by atoms with E-state index in [1.54, 1.807) is 0 Å². The fourth-order valence-electron chi connectivity index (χ4n) is 1.34. The van der Waals surface area contributed by atoms with Crippen LogP contribution in [0.25, 0.3) is 0 Å². The minimum absolute atomic E-state index is 0.131. The van der Waals surface area contributed by atoms with Crippen molar-refractivity contribution < 1.29 is 22.8 Å². The molecule has 0 saturated heterocycles. The van der Waals surface area contributed by atoms with Gasteiger partial charge in [0.2, 0.25) is 5.91 Å². The fourth-order valence-corrected chi connectivity index (χ4v) is 1.34. The summed E-state index contributed by atoms with van der Waals surface area (Å²) < 4.78 is 36.9. The Morgan fingerprint density at radius 2 is 1.79 bits per heavy atom. The van der Waals surface area contributed by atoms with Crippen molar-refractivity contribution in [2.45, 2.75) is 13.1 Å². The molecule has 1 rings (SSSR count). The second kappa shape index (κ2) is 5.64. The van der Waals surface area contributed by atoms with Crippen LogP contribution in [0.15, 0.2) is 24.3 Å². The number of hydrogen-bond donors (Lipinski definition) is 2. The van der Waals surface area contributed by atoms with Gasteiger partial charge in [-0.1, -0.05) is 0 Å². The van der Waals surface area contributed by atoms with Gasteiger partial charge in [0, 0.05) is 11.9 Å². The van der Waals surface area contributed by atoms with E-state index in [9.17, 15) is 22.8 Å². The van der Waals surface area contributed by atoms with E-state index in [1.807, 2.05) is 0 Å². The molecule has 1 aromatic carbocycles. The van der Waals surface area contributed by atoms with Gasteiger partial charge in [-0.15, -0.1) is 0 Å². The molecule has 0 aliphatic rings. The summed E-state index contributed by atoms with van der Waals surface area (Å²) >= 11 is 0. The standard InChI is InChI=1S/C12H11F3N2O2/c1-7(18)10(6-16)11(19)17-9-4-2-8(3-5-9)12(13,14)15/h2-6,10,16H,1H3,(H,17,19). The minimum Gasteiger partial charge on any atom is -0.325 e. The number of carbonyl (C=O) groups is 2. The van der Waals surface area contributed by atoms with Gasteiger partial charge in [-0.2, -0.15) is 13.2 Å². The van der Waals surface area contributed by atoms with Crippen LogP contribution in [0.3, 0.4) is 0 Å². The molecule has 0 bridgehead atoms. The van der Waals surface area contributed by atoms with Crippen molar-refractivity contribution in [3.63, 3.8) is 0 Å². The van der Waals surface area contributed by atoms with Crippen LogP contribution in [-0.4, -0.2) is 17.9 Å². The van der Waals surface area contributed by atoms with Crippen LogP contribution in [0.4, 0.5) is 18.9 Å². The number of alkyl halides is 3. The van der Waals surface area contributed by atoms with Crippen molar-refractivity contribution in [3.8, 4) is 0 Å². The highest BCUT2D eigenvalue weighted by atomic mass is 19.4. The molecule has 0 heterocycles. The van der Waals surface area contributed by atoms with E-state index in [2.05, 4.69) is 5.32 Å². The van der Waals surface area contributed by atoms with Crippen molar-refractivity contribution in [2.75, 3.05) is 5.32 Å². The number of amides is 1. The van der Waals surface area contributed by atoms with Crippen LogP contribution < -0.4 is 5.32 Å². The smallest absolute Gasteiger partial charge is 0.325 e. The molecule has 0 saturated carbocycles. The number of Topliss-reactive ketones (excluding diaryl/α,β-unsaturated/α-hetero) is 1. The van der Waals surface area contributed by atoms with Crippen LogP contribution in [-0.2, 0) is 15.8 Å². The monoisotopic (exact) mass is 272 g/mol. The second-order valence-corrected chi connectivity index (χ2v) is 3.82. The zero-order valence-corrected chi connectivity index (χ0v) is 9.91. The molecule has 1 atom stereocenters. The first-order chi connectivity index (χ1) is 8.75. The van der Waals surface area contributed by atoms with Crippen molar-refractivity contribution >= 4 is 23.6 Å². The van der Waals surface area contributed by atoms with Gasteiger partial charge in [-0.05, 0) is 31.2 Å². The van der Waals surface area contributed by atoms with Gasteiger partial charge < -0.3 is 10.7 Å². The highest BCUT2D eigenvalue weighted by Gasteiger charge is 2.30. The Bertz CT molecular complexity index is 495. The predicted molar refractivity (Wildman–Crippen MR) is 63.0 cm³/mol. The van der Waals surface area contributed by atoms with Gasteiger partial charge in [0.1, 0.15) is 11.7 Å². The summed E-state index contributed by atoms with van der Waals surface area (Å²) in [6, 6.07) is 3.81. The Balaban J connectivity index is 2.81. The van der Waals surface area contributed by atoms with Crippen LogP contribution in [0, 0.1) is 11.3 Å². The molecule has 1 aromatic rings. The molecule has 1 unspecified atom stereocenters. The number of anilines is 1. The lowest BCUT2D eigenvalue weighted by molar-refractivity contribution is -0.137. The van der Waals surface area contributed by atoms with Gasteiger partial charge in [-0.25, -0.2) is 0 Å². The first-order valence-electron chi connectivity index (χ1n) is 5.25. The maximum Gasteiger partial charge on any atom is 0.416 e. The molecule has 0 aliphatic heterocycles. The molecule has 2 N–H and O–H groups in total. The molecule has 102 valence electrons. The molecule has 1 amide bonds. The molecule has 7 heteroatoms. The zero-order chi connectivity index (χ0) is 14.6. The quantitative estimate of drug-likeness (QED) is 0.653. The summed E-state index contributed by atoms with van der Waals surface area (Å²) in [6.45, 7) is 1.15. The Morgan fingerprint density at radius 3 is 2.16 bits per heavy atom. The largest absolute Gasteiger partial charge is 0.416 e. The molecular weight excluding hydrogens is 261 g/mol. The normalized spacial score (nSPS) is 12.6. The molecule has 0 fully saturated rings. The van der Waals surface area contributed by atoms with E-state index in [0.29, 0.717) is 6.21 Å². The van der Waals surface area contributed by atoms with E-state index in [4.69, 9.17) is 5.41 Å². The van der Waals surface area contributed by atoms with E-state index >= 15 is 0 Å². The summed E-state index contributed by atoms with van der Waals surface area (Å²) in [5.41, 5.74) is -0.702.